The van der Waals surface area contributed by atoms with Crippen molar-refractivity contribution in [2.45, 2.75) is 44.7 Å². The van der Waals surface area contributed by atoms with Crippen molar-refractivity contribution in [2.24, 2.45) is 5.84 Å². The van der Waals surface area contributed by atoms with Crippen LogP contribution in [0, 0.1) is 0 Å². The Bertz CT molecular complexity index is 441. The number of aliphatic hydroxyl groups is 1. The van der Waals surface area contributed by atoms with E-state index in [1.807, 2.05) is 12.1 Å². The molecule has 0 aliphatic heterocycles. The molecule has 1 saturated carbocycles. The molecule has 0 unspecified atom stereocenters. The van der Waals surface area contributed by atoms with Crippen LogP contribution in [0.1, 0.15) is 48.0 Å². The summed E-state index contributed by atoms with van der Waals surface area (Å²) in [5, 5.41) is 9.29. The monoisotopic (exact) mass is 291 g/mol. The van der Waals surface area contributed by atoms with Crippen LogP contribution in [0.3, 0.4) is 0 Å². The van der Waals surface area contributed by atoms with Gasteiger partial charge in [-0.2, -0.15) is 0 Å². The molecule has 0 spiro atoms. The fourth-order valence-electron chi connectivity index (χ4n) is 3.04. The third kappa shape index (κ3) is 4.52. The molecule has 0 radical (unpaired) electrons. The Morgan fingerprint density at radius 2 is 1.90 bits per heavy atom. The molecular weight excluding hydrogens is 266 g/mol. The normalized spacial score (nSPS) is 16.1. The Morgan fingerprint density at radius 3 is 2.48 bits per heavy atom. The van der Waals surface area contributed by atoms with Gasteiger partial charge in [0.05, 0.1) is 6.61 Å². The number of aliphatic hydroxyl groups excluding tert-OH is 1. The quantitative estimate of drug-likeness (QED) is 0.421. The minimum atomic E-state index is -0.277. The van der Waals surface area contributed by atoms with Crippen LogP contribution in [0.15, 0.2) is 24.3 Å². The van der Waals surface area contributed by atoms with Crippen LogP contribution in [0.25, 0.3) is 0 Å². The molecular formula is C16H25N3O2. The molecule has 0 atom stereocenters. The van der Waals surface area contributed by atoms with Gasteiger partial charge in [0, 0.05) is 24.7 Å². The molecule has 2 rings (SSSR count). The van der Waals surface area contributed by atoms with E-state index in [1.54, 1.807) is 12.1 Å². The molecule has 0 aromatic heterocycles. The highest BCUT2D eigenvalue weighted by Crippen LogP contribution is 2.24. The first-order chi connectivity index (χ1) is 10.2. The van der Waals surface area contributed by atoms with E-state index in [-0.39, 0.29) is 12.5 Å². The SMILES string of the molecule is NNC(=O)c1ccc(CN(CCO)C2CCCCC2)cc1. The Morgan fingerprint density at radius 1 is 1.24 bits per heavy atom. The van der Waals surface area contributed by atoms with E-state index in [1.165, 1.54) is 32.1 Å². The van der Waals surface area contributed by atoms with Gasteiger partial charge >= 0.3 is 0 Å². The van der Waals surface area contributed by atoms with Crippen LogP contribution in [-0.4, -0.2) is 35.1 Å². The zero-order valence-corrected chi connectivity index (χ0v) is 12.4. The largest absolute Gasteiger partial charge is 0.395 e. The standard InChI is InChI=1S/C16H25N3O2/c17-18-16(21)14-8-6-13(7-9-14)12-19(10-11-20)15-4-2-1-3-5-15/h6-9,15,20H,1-5,10-12,17H2,(H,18,21). The Balaban J connectivity index is 2.00. The van der Waals surface area contributed by atoms with Gasteiger partial charge in [-0.3, -0.25) is 15.1 Å². The highest BCUT2D eigenvalue weighted by Gasteiger charge is 2.20. The lowest BCUT2D eigenvalue weighted by Crippen LogP contribution is -2.38. The number of carbonyl (C=O) groups is 1. The van der Waals surface area contributed by atoms with Gasteiger partial charge in [0.2, 0.25) is 0 Å². The van der Waals surface area contributed by atoms with E-state index in [9.17, 15) is 9.90 Å². The number of amides is 1. The zero-order valence-electron chi connectivity index (χ0n) is 12.4. The van der Waals surface area contributed by atoms with E-state index >= 15 is 0 Å². The molecule has 5 heteroatoms. The van der Waals surface area contributed by atoms with Gasteiger partial charge in [-0.15, -0.1) is 0 Å². The van der Waals surface area contributed by atoms with Crippen LogP contribution in [0.5, 0.6) is 0 Å². The molecule has 4 N–H and O–H groups in total. The molecule has 1 aliphatic carbocycles. The minimum absolute atomic E-state index is 0.185. The third-order valence-corrected chi connectivity index (χ3v) is 4.21. The Labute approximate surface area is 126 Å². The zero-order chi connectivity index (χ0) is 15.1. The van der Waals surface area contributed by atoms with Gasteiger partial charge in [-0.05, 0) is 30.5 Å². The first-order valence-electron chi connectivity index (χ1n) is 7.69. The van der Waals surface area contributed by atoms with Crippen LogP contribution in [0.4, 0.5) is 0 Å². The van der Waals surface area contributed by atoms with E-state index in [0.29, 0.717) is 18.2 Å². The summed E-state index contributed by atoms with van der Waals surface area (Å²) in [6.07, 6.45) is 6.32. The average molecular weight is 291 g/mol. The molecule has 1 aliphatic rings. The molecule has 0 heterocycles. The predicted molar refractivity (Wildman–Crippen MR) is 82.5 cm³/mol. The number of hydrogen-bond acceptors (Lipinski definition) is 4. The number of nitrogen functional groups attached to an aromatic ring is 1. The fourth-order valence-corrected chi connectivity index (χ4v) is 3.04. The maximum absolute atomic E-state index is 11.4. The number of nitrogens with two attached hydrogens (primary N) is 1. The average Bonchev–Trinajstić information content (AvgIpc) is 2.55. The van der Waals surface area contributed by atoms with E-state index in [0.717, 1.165) is 12.1 Å². The summed E-state index contributed by atoms with van der Waals surface area (Å²) in [6.45, 7) is 1.70. The smallest absolute Gasteiger partial charge is 0.265 e. The molecule has 1 fully saturated rings. The fraction of sp³-hybridized carbons (Fsp3) is 0.562. The molecule has 21 heavy (non-hydrogen) atoms. The van der Waals surface area contributed by atoms with Gasteiger partial charge in [-0.1, -0.05) is 31.4 Å². The number of nitrogens with one attached hydrogen (secondary N) is 1. The highest BCUT2D eigenvalue weighted by atomic mass is 16.3. The summed E-state index contributed by atoms with van der Waals surface area (Å²) in [5.74, 6) is 4.85. The molecule has 1 aromatic carbocycles. The maximum Gasteiger partial charge on any atom is 0.265 e. The number of carbonyl (C=O) groups excluding carboxylic acids is 1. The Kier molecular flexibility index (Phi) is 6.17. The highest BCUT2D eigenvalue weighted by molar-refractivity contribution is 5.93. The number of hydrazine groups is 1. The lowest BCUT2D eigenvalue weighted by molar-refractivity contribution is 0.0953. The van der Waals surface area contributed by atoms with Crippen molar-refractivity contribution in [3.8, 4) is 0 Å². The molecule has 1 amide bonds. The molecule has 1 aromatic rings. The van der Waals surface area contributed by atoms with Gasteiger partial charge < -0.3 is 5.11 Å². The molecule has 0 saturated heterocycles. The van der Waals surface area contributed by atoms with Crippen molar-refractivity contribution in [1.29, 1.82) is 0 Å². The topological polar surface area (TPSA) is 78.6 Å². The summed E-state index contributed by atoms with van der Waals surface area (Å²) in [5.41, 5.74) is 3.85. The van der Waals surface area contributed by atoms with Crippen molar-refractivity contribution in [3.63, 3.8) is 0 Å². The lowest BCUT2D eigenvalue weighted by Gasteiger charge is -2.34. The number of rotatable bonds is 6. The van der Waals surface area contributed by atoms with Crippen LogP contribution >= 0.6 is 0 Å². The Hall–Kier alpha value is -1.43. The molecule has 0 bridgehead atoms. The lowest BCUT2D eigenvalue weighted by atomic mass is 9.94. The van der Waals surface area contributed by atoms with Crippen molar-refractivity contribution in [3.05, 3.63) is 35.4 Å². The second-order valence-corrected chi connectivity index (χ2v) is 5.66. The number of nitrogens with zero attached hydrogens (tertiary/aromatic N) is 1. The number of benzene rings is 1. The van der Waals surface area contributed by atoms with Crippen molar-refractivity contribution < 1.29 is 9.90 Å². The summed E-state index contributed by atoms with van der Waals surface area (Å²) in [7, 11) is 0. The first-order valence-corrected chi connectivity index (χ1v) is 7.69. The summed E-state index contributed by atoms with van der Waals surface area (Å²) >= 11 is 0. The molecule has 5 nitrogen and oxygen atoms in total. The van der Waals surface area contributed by atoms with E-state index in [4.69, 9.17) is 5.84 Å². The summed E-state index contributed by atoms with van der Waals surface area (Å²) in [4.78, 5) is 13.8. The van der Waals surface area contributed by atoms with Gasteiger partial charge in [0.1, 0.15) is 0 Å². The first kappa shape index (κ1) is 15.9. The van der Waals surface area contributed by atoms with E-state index < -0.39 is 0 Å². The van der Waals surface area contributed by atoms with E-state index in [2.05, 4.69) is 10.3 Å². The van der Waals surface area contributed by atoms with Crippen molar-refractivity contribution >= 4 is 5.91 Å². The van der Waals surface area contributed by atoms with Crippen LogP contribution in [0.2, 0.25) is 0 Å². The van der Waals surface area contributed by atoms with Crippen molar-refractivity contribution in [2.75, 3.05) is 13.2 Å². The van der Waals surface area contributed by atoms with Crippen molar-refractivity contribution in [1.82, 2.24) is 10.3 Å². The second kappa shape index (κ2) is 8.12. The predicted octanol–water partition coefficient (Wildman–Crippen LogP) is 1.42. The van der Waals surface area contributed by atoms with Crippen LogP contribution in [-0.2, 0) is 6.54 Å². The molecule has 116 valence electrons. The summed E-state index contributed by atoms with van der Waals surface area (Å²) < 4.78 is 0. The third-order valence-electron chi connectivity index (χ3n) is 4.21. The maximum atomic E-state index is 11.4. The summed E-state index contributed by atoms with van der Waals surface area (Å²) in [6, 6.07) is 8.05. The minimum Gasteiger partial charge on any atom is -0.395 e. The van der Waals surface area contributed by atoms with Gasteiger partial charge in [0.25, 0.3) is 5.91 Å². The number of hydrogen-bond donors (Lipinski definition) is 3. The van der Waals surface area contributed by atoms with Crippen LogP contribution < -0.4 is 11.3 Å². The second-order valence-electron chi connectivity index (χ2n) is 5.66. The van der Waals surface area contributed by atoms with Gasteiger partial charge in [-0.25, -0.2) is 5.84 Å². The van der Waals surface area contributed by atoms with Gasteiger partial charge in [0.15, 0.2) is 0 Å².